The standard InChI is InChI=1S/C15H8Cl2FNO2/c16-8-1-2-12(18)10(5-8)15(21)9-3-7-4-14(20)19-13(7)6-11(9)17/h1-3,5-6H,4H2,(H,19,20). The minimum atomic E-state index is -0.671. The molecule has 0 atom stereocenters. The predicted molar refractivity (Wildman–Crippen MR) is 78.6 cm³/mol. The quantitative estimate of drug-likeness (QED) is 0.853. The van der Waals surface area contributed by atoms with Crippen LogP contribution in [0.4, 0.5) is 10.1 Å². The fourth-order valence-corrected chi connectivity index (χ4v) is 2.66. The largest absolute Gasteiger partial charge is 0.325 e. The van der Waals surface area contributed by atoms with Gasteiger partial charge >= 0.3 is 0 Å². The average Bonchev–Trinajstić information content (AvgIpc) is 2.79. The van der Waals surface area contributed by atoms with Gasteiger partial charge in [-0.25, -0.2) is 4.39 Å². The van der Waals surface area contributed by atoms with Crippen LogP contribution in [0.15, 0.2) is 30.3 Å². The number of nitrogens with one attached hydrogen (secondary N) is 1. The summed E-state index contributed by atoms with van der Waals surface area (Å²) in [6, 6.07) is 6.75. The third kappa shape index (κ3) is 2.52. The Morgan fingerprint density at radius 1 is 1.14 bits per heavy atom. The first-order valence-corrected chi connectivity index (χ1v) is 6.83. The smallest absolute Gasteiger partial charge is 0.228 e. The van der Waals surface area contributed by atoms with Crippen LogP contribution in [0.3, 0.4) is 0 Å². The molecule has 1 aliphatic heterocycles. The number of halogens is 3. The van der Waals surface area contributed by atoms with Crippen molar-refractivity contribution in [1.82, 2.24) is 0 Å². The normalized spacial score (nSPS) is 13.0. The topological polar surface area (TPSA) is 46.2 Å². The van der Waals surface area contributed by atoms with E-state index in [0.717, 1.165) is 6.07 Å². The van der Waals surface area contributed by atoms with Crippen molar-refractivity contribution in [3.63, 3.8) is 0 Å². The maximum atomic E-state index is 13.8. The molecule has 0 aromatic heterocycles. The number of hydrogen-bond donors (Lipinski definition) is 1. The van der Waals surface area contributed by atoms with E-state index in [4.69, 9.17) is 23.2 Å². The summed E-state index contributed by atoms with van der Waals surface area (Å²) in [4.78, 5) is 23.8. The first-order chi connectivity index (χ1) is 9.95. The highest BCUT2D eigenvalue weighted by molar-refractivity contribution is 6.36. The van der Waals surface area contributed by atoms with Gasteiger partial charge in [-0.2, -0.15) is 0 Å². The number of amides is 1. The summed E-state index contributed by atoms with van der Waals surface area (Å²) in [6.45, 7) is 0. The van der Waals surface area contributed by atoms with Crippen molar-refractivity contribution in [2.75, 3.05) is 5.32 Å². The van der Waals surface area contributed by atoms with Gasteiger partial charge in [0.1, 0.15) is 5.82 Å². The summed E-state index contributed by atoms with van der Waals surface area (Å²) in [6.07, 6.45) is 0.171. The van der Waals surface area contributed by atoms with Gasteiger partial charge in [-0.1, -0.05) is 23.2 Å². The van der Waals surface area contributed by atoms with E-state index >= 15 is 0 Å². The molecule has 0 unspecified atom stereocenters. The van der Waals surface area contributed by atoms with E-state index < -0.39 is 11.6 Å². The van der Waals surface area contributed by atoms with Gasteiger partial charge in [0, 0.05) is 16.3 Å². The lowest BCUT2D eigenvalue weighted by Crippen LogP contribution is -2.06. The molecule has 21 heavy (non-hydrogen) atoms. The molecular weight excluding hydrogens is 316 g/mol. The molecule has 1 amide bonds. The lowest BCUT2D eigenvalue weighted by Gasteiger charge is -2.08. The third-order valence-electron chi connectivity index (χ3n) is 3.24. The maximum absolute atomic E-state index is 13.8. The monoisotopic (exact) mass is 323 g/mol. The van der Waals surface area contributed by atoms with Crippen molar-refractivity contribution in [2.45, 2.75) is 6.42 Å². The molecule has 0 fully saturated rings. The van der Waals surface area contributed by atoms with E-state index in [1.54, 1.807) is 0 Å². The zero-order chi connectivity index (χ0) is 15.1. The molecule has 0 saturated heterocycles. The van der Waals surface area contributed by atoms with Crippen LogP contribution >= 0.6 is 23.2 Å². The zero-order valence-corrected chi connectivity index (χ0v) is 12.1. The number of hydrogen-bond acceptors (Lipinski definition) is 2. The lowest BCUT2D eigenvalue weighted by molar-refractivity contribution is -0.115. The number of benzene rings is 2. The molecule has 6 heteroatoms. The average molecular weight is 324 g/mol. The van der Waals surface area contributed by atoms with Crippen molar-refractivity contribution in [1.29, 1.82) is 0 Å². The van der Waals surface area contributed by atoms with Crippen LogP contribution in [0.1, 0.15) is 21.5 Å². The number of carbonyl (C=O) groups excluding carboxylic acids is 2. The van der Waals surface area contributed by atoms with Crippen molar-refractivity contribution in [2.24, 2.45) is 0 Å². The van der Waals surface area contributed by atoms with Crippen LogP contribution in [0, 0.1) is 5.82 Å². The Kier molecular flexibility index (Phi) is 3.43. The summed E-state index contributed by atoms with van der Waals surface area (Å²) >= 11 is 11.9. The first kappa shape index (κ1) is 14.0. The third-order valence-corrected chi connectivity index (χ3v) is 3.78. The molecule has 0 saturated carbocycles. The molecule has 2 aromatic rings. The fraction of sp³-hybridized carbons (Fsp3) is 0.0667. The minimum absolute atomic E-state index is 0.146. The Hall–Kier alpha value is -1.91. The van der Waals surface area contributed by atoms with Gasteiger partial charge in [0.2, 0.25) is 5.91 Å². The van der Waals surface area contributed by atoms with E-state index in [1.165, 1.54) is 24.3 Å². The van der Waals surface area contributed by atoms with E-state index in [0.29, 0.717) is 11.3 Å². The van der Waals surface area contributed by atoms with Crippen molar-refractivity contribution in [3.05, 3.63) is 62.9 Å². The number of rotatable bonds is 2. The van der Waals surface area contributed by atoms with Crippen molar-refractivity contribution < 1.29 is 14.0 Å². The SMILES string of the molecule is O=C1Cc2cc(C(=O)c3cc(Cl)ccc3F)c(Cl)cc2N1. The molecule has 0 aliphatic carbocycles. The van der Waals surface area contributed by atoms with E-state index in [-0.39, 0.29) is 33.5 Å². The molecule has 2 aromatic carbocycles. The van der Waals surface area contributed by atoms with E-state index in [1.807, 2.05) is 0 Å². The Balaban J connectivity index is 2.09. The van der Waals surface area contributed by atoms with Crippen molar-refractivity contribution in [3.8, 4) is 0 Å². The minimum Gasteiger partial charge on any atom is -0.325 e. The van der Waals surface area contributed by atoms with Crippen LogP contribution in [0.25, 0.3) is 0 Å². The maximum Gasteiger partial charge on any atom is 0.228 e. The molecule has 0 radical (unpaired) electrons. The second-order valence-electron chi connectivity index (χ2n) is 4.67. The summed E-state index contributed by atoms with van der Waals surface area (Å²) in [5, 5.41) is 3.05. The molecular formula is C15H8Cl2FNO2. The molecule has 3 nitrogen and oxygen atoms in total. The summed E-state index contributed by atoms with van der Waals surface area (Å²) in [5.74, 6) is -1.41. The van der Waals surface area contributed by atoms with Crippen LogP contribution < -0.4 is 5.32 Å². The molecule has 3 rings (SSSR count). The fourth-order valence-electron chi connectivity index (χ4n) is 2.24. The highest BCUT2D eigenvalue weighted by Gasteiger charge is 2.23. The highest BCUT2D eigenvalue weighted by atomic mass is 35.5. The van der Waals surface area contributed by atoms with Gasteiger partial charge in [-0.15, -0.1) is 0 Å². The molecule has 106 valence electrons. The number of carbonyl (C=O) groups is 2. The Morgan fingerprint density at radius 2 is 1.90 bits per heavy atom. The van der Waals surface area contributed by atoms with Gasteiger partial charge in [-0.3, -0.25) is 9.59 Å². The molecule has 1 N–H and O–H groups in total. The van der Waals surface area contributed by atoms with Gasteiger partial charge < -0.3 is 5.32 Å². The second kappa shape index (κ2) is 5.13. The summed E-state index contributed by atoms with van der Waals surface area (Å²) in [5.41, 5.74) is 1.23. The Morgan fingerprint density at radius 3 is 2.67 bits per heavy atom. The predicted octanol–water partition coefficient (Wildman–Crippen LogP) is 3.86. The van der Waals surface area contributed by atoms with Crippen LogP contribution in [0.2, 0.25) is 10.0 Å². The van der Waals surface area contributed by atoms with Crippen LogP contribution in [-0.4, -0.2) is 11.7 Å². The van der Waals surface area contributed by atoms with Crippen molar-refractivity contribution >= 4 is 40.6 Å². The Bertz CT molecular complexity index is 789. The van der Waals surface area contributed by atoms with Gasteiger partial charge in [0.25, 0.3) is 0 Å². The molecule has 1 aliphatic rings. The molecule has 0 bridgehead atoms. The van der Waals surface area contributed by atoms with Gasteiger partial charge in [0.05, 0.1) is 17.0 Å². The van der Waals surface area contributed by atoms with E-state index in [2.05, 4.69) is 5.32 Å². The molecule has 1 heterocycles. The first-order valence-electron chi connectivity index (χ1n) is 6.08. The van der Waals surface area contributed by atoms with Gasteiger partial charge in [0.15, 0.2) is 5.78 Å². The van der Waals surface area contributed by atoms with E-state index in [9.17, 15) is 14.0 Å². The lowest BCUT2D eigenvalue weighted by atomic mass is 9.99. The number of anilines is 1. The van der Waals surface area contributed by atoms with Crippen LogP contribution in [0.5, 0.6) is 0 Å². The second-order valence-corrected chi connectivity index (χ2v) is 5.51. The summed E-state index contributed by atoms with van der Waals surface area (Å²) in [7, 11) is 0. The molecule has 0 spiro atoms. The zero-order valence-electron chi connectivity index (χ0n) is 10.5. The number of ketones is 1. The Labute approximate surface area is 129 Å². The van der Waals surface area contributed by atoms with Crippen LogP contribution in [-0.2, 0) is 11.2 Å². The number of fused-ring (bicyclic) bond motifs is 1. The van der Waals surface area contributed by atoms with Gasteiger partial charge in [-0.05, 0) is 35.9 Å². The highest BCUT2D eigenvalue weighted by Crippen LogP contribution is 2.31. The summed E-state index contributed by atoms with van der Waals surface area (Å²) < 4.78 is 13.8.